The fourth-order valence-corrected chi connectivity index (χ4v) is 6.55. The van der Waals surface area contributed by atoms with Crippen LogP contribution in [0.4, 0.5) is 22.7 Å². The Morgan fingerprint density at radius 2 is 1.60 bits per heavy atom. The first-order chi connectivity index (χ1) is 21.7. The fourth-order valence-electron chi connectivity index (χ4n) is 6.55. The van der Waals surface area contributed by atoms with Gasteiger partial charge in [-0.2, -0.15) is 5.10 Å². The van der Waals surface area contributed by atoms with Crippen LogP contribution in [0.1, 0.15) is 46.8 Å². The average molecular weight is 609 g/mol. The lowest BCUT2D eigenvalue weighted by atomic mass is 9.77. The highest BCUT2D eigenvalue weighted by atomic mass is 16.6. The zero-order valence-corrected chi connectivity index (χ0v) is 26.3. The topological polar surface area (TPSA) is 94.8 Å². The zero-order chi connectivity index (χ0) is 31.7. The minimum absolute atomic E-state index is 0.0165. The third kappa shape index (κ3) is 6.15. The molecule has 2 fully saturated rings. The summed E-state index contributed by atoms with van der Waals surface area (Å²) in [5, 5.41) is 18.8. The third-order valence-corrected chi connectivity index (χ3v) is 8.98. The predicted molar refractivity (Wildman–Crippen MR) is 179 cm³/mol. The van der Waals surface area contributed by atoms with Crippen LogP contribution in [-0.2, 0) is 4.74 Å². The van der Waals surface area contributed by atoms with Gasteiger partial charge in [-0.3, -0.25) is 14.9 Å². The molecule has 1 aliphatic carbocycles. The molecular formula is C35H40N6O4. The van der Waals surface area contributed by atoms with Crippen molar-refractivity contribution in [3.8, 4) is 0 Å². The number of amides is 1. The molecule has 0 bridgehead atoms. The number of nitrogens with zero attached hydrogens (tertiary/aromatic N) is 6. The Balaban J connectivity index is 1.39. The number of nitro groups is 1. The summed E-state index contributed by atoms with van der Waals surface area (Å²) in [5.74, 6) is -0.326. The van der Waals surface area contributed by atoms with E-state index < -0.39 is 4.92 Å². The van der Waals surface area contributed by atoms with E-state index in [2.05, 4.69) is 59.5 Å². The van der Waals surface area contributed by atoms with Crippen LogP contribution in [0.25, 0.3) is 6.08 Å². The van der Waals surface area contributed by atoms with Gasteiger partial charge in [0, 0.05) is 70.2 Å². The highest BCUT2D eigenvalue weighted by molar-refractivity contribution is 6.09. The van der Waals surface area contributed by atoms with Gasteiger partial charge in [-0.15, -0.1) is 0 Å². The summed E-state index contributed by atoms with van der Waals surface area (Å²) in [6.45, 7) is 2.14. The van der Waals surface area contributed by atoms with Gasteiger partial charge in [-0.1, -0.05) is 24.3 Å². The van der Waals surface area contributed by atoms with Crippen molar-refractivity contribution in [3.63, 3.8) is 0 Å². The Bertz CT molecular complexity index is 1620. The monoisotopic (exact) mass is 608 g/mol. The quantitative estimate of drug-likeness (QED) is 0.240. The summed E-state index contributed by atoms with van der Waals surface area (Å²) in [6, 6.07) is 21.1. The van der Waals surface area contributed by atoms with Gasteiger partial charge < -0.3 is 19.4 Å². The van der Waals surface area contributed by atoms with Crippen LogP contribution in [0.3, 0.4) is 0 Å². The Hall–Kier alpha value is -4.70. The van der Waals surface area contributed by atoms with Crippen LogP contribution in [0, 0.1) is 16.0 Å². The molecule has 2 aliphatic heterocycles. The SMILES string of the molecule is CN(C)c1ccc(/C=C2\CCCC3C2=NN(C(=O)c2ccc(N4CCOCC4)c([N+](=O)[O-])c2)C3c2ccc(N(C)C)cc2)cc1. The number of hydrazone groups is 1. The molecule has 3 aromatic carbocycles. The number of hydrogen-bond donors (Lipinski definition) is 0. The van der Waals surface area contributed by atoms with Gasteiger partial charge in [0.1, 0.15) is 5.69 Å². The van der Waals surface area contributed by atoms with Crippen molar-refractivity contribution in [1.29, 1.82) is 0 Å². The minimum atomic E-state index is -0.406. The molecule has 6 rings (SSSR count). The number of carbonyl (C=O) groups is 1. The van der Waals surface area contributed by atoms with Gasteiger partial charge in [0.2, 0.25) is 0 Å². The molecule has 1 saturated carbocycles. The molecule has 10 nitrogen and oxygen atoms in total. The van der Waals surface area contributed by atoms with Crippen molar-refractivity contribution in [2.24, 2.45) is 11.0 Å². The number of carbonyl (C=O) groups excluding carboxylic acids is 1. The normalized spacial score (nSPS) is 20.5. The summed E-state index contributed by atoms with van der Waals surface area (Å²) < 4.78 is 5.44. The van der Waals surface area contributed by atoms with Crippen LogP contribution < -0.4 is 14.7 Å². The molecule has 2 atom stereocenters. The van der Waals surface area contributed by atoms with Gasteiger partial charge in [-0.05, 0) is 78.4 Å². The van der Waals surface area contributed by atoms with E-state index in [1.54, 1.807) is 17.1 Å². The minimum Gasteiger partial charge on any atom is -0.378 e. The Kier molecular flexibility index (Phi) is 8.58. The smallest absolute Gasteiger partial charge is 0.293 e. The van der Waals surface area contributed by atoms with E-state index in [4.69, 9.17) is 9.84 Å². The number of nitro benzene ring substituents is 1. The second-order valence-electron chi connectivity index (χ2n) is 12.3. The van der Waals surface area contributed by atoms with Gasteiger partial charge in [0.05, 0.1) is 29.9 Å². The van der Waals surface area contributed by atoms with E-state index in [9.17, 15) is 14.9 Å². The standard InChI is InChI=1S/C35H40N6O4/c1-37(2)28-13-8-24(9-14-28)22-26-6-5-7-30-33(26)36-40(34(30)25-10-15-29(16-11-25)38(3)4)35(42)27-12-17-31(32(23-27)41(43)44)39-18-20-45-21-19-39/h8-17,22-23,30,34H,5-7,18-21H2,1-4H3/b26-22+. The lowest BCUT2D eigenvalue weighted by Crippen LogP contribution is -2.36. The van der Waals surface area contributed by atoms with Crippen molar-refractivity contribution in [2.45, 2.75) is 25.3 Å². The zero-order valence-electron chi connectivity index (χ0n) is 26.3. The third-order valence-electron chi connectivity index (χ3n) is 8.98. The largest absolute Gasteiger partial charge is 0.378 e. The van der Waals surface area contributed by atoms with Crippen molar-refractivity contribution in [1.82, 2.24) is 5.01 Å². The number of anilines is 3. The molecule has 3 aromatic rings. The Labute approximate surface area is 264 Å². The molecule has 234 valence electrons. The van der Waals surface area contributed by atoms with E-state index in [-0.39, 0.29) is 29.1 Å². The van der Waals surface area contributed by atoms with Crippen LogP contribution in [-0.4, -0.2) is 76.0 Å². The Morgan fingerprint density at radius 1 is 0.956 bits per heavy atom. The fraction of sp³-hybridized carbons (Fsp3) is 0.371. The summed E-state index contributed by atoms with van der Waals surface area (Å²) in [6.07, 6.45) is 4.94. The van der Waals surface area contributed by atoms with Gasteiger partial charge in [0.15, 0.2) is 0 Å². The second-order valence-corrected chi connectivity index (χ2v) is 12.3. The number of rotatable bonds is 7. The van der Waals surface area contributed by atoms with Gasteiger partial charge >= 0.3 is 0 Å². The van der Waals surface area contributed by atoms with E-state index in [0.29, 0.717) is 32.0 Å². The molecule has 0 radical (unpaired) electrons. The van der Waals surface area contributed by atoms with Crippen molar-refractivity contribution in [3.05, 3.63) is 99.1 Å². The molecule has 2 unspecified atom stereocenters. The Morgan fingerprint density at radius 3 is 2.22 bits per heavy atom. The number of morpholine rings is 1. The van der Waals surface area contributed by atoms with Crippen LogP contribution in [0.5, 0.6) is 0 Å². The average Bonchev–Trinajstić information content (AvgIpc) is 3.45. The van der Waals surface area contributed by atoms with Crippen LogP contribution >= 0.6 is 0 Å². The van der Waals surface area contributed by atoms with E-state index in [1.807, 2.05) is 38.0 Å². The summed E-state index contributed by atoms with van der Waals surface area (Å²) in [4.78, 5) is 32.2. The van der Waals surface area contributed by atoms with Gasteiger partial charge in [0.25, 0.3) is 11.6 Å². The molecule has 0 aromatic heterocycles. The lowest BCUT2D eigenvalue weighted by molar-refractivity contribution is -0.384. The van der Waals surface area contributed by atoms with Gasteiger partial charge in [-0.25, -0.2) is 5.01 Å². The maximum Gasteiger partial charge on any atom is 0.293 e. The molecule has 0 spiro atoms. The van der Waals surface area contributed by atoms with Crippen LogP contribution in [0.15, 0.2) is 77.4 Å². The summed E-state index contributed by atoms with van der Waals surface area (Å²) >= 11 is 0. The first-order valence-corrected chi connectivity index (χ1v) is 15.5. The molecule has 2 heterocycles. The maximum atomic E-state index is 14.3. The maximum absolute atomic E-state index is 14.3. The number of benzene rings is 3. The molecule has 45 heavy (non-hydrogen) atoms. The molecule has 1 saturated heterocycles. The molecule has 10 heteroatoms. The second kappa shape index (κ2) is 12.7. The summed E-state index contributed by atoms with van der Waals surface area (Å²) in [5.41, 5.74) is 7.00. The molecule has 0 N–H and O–H groups in total. The van der Waals surface area contributed by atoms with E-state index >= 15 is 0 Å². The van der Waals surface area contributed by atoms with E-state index in [1.165, 1.54) is 6.07 Å². The van der Waals surface area contributed by atoms with Crippen molar-refractivity contribution < 1.29 is 14.5 Å². The van der Waals surface area contributed by atoms with E-state index in [0.717, 1.165) is 53.0 Å². The lowest BCUT2D eigenvalue weighted by Gasteiger charge is -2.30. The number of fused-ring (bicyclic) bond motifs is 1. The predicted octanol–water partition coefficient (Wildman–Crippen LogP) is 6.00. The number of allylic oxidation sites excluding steroid dienone is 1. The van der Waals surface area contributed by atoms with Crippen LogP contribution in [0.2, 0.25) is 0 Å². The molecule has 1 amide bonds. The highest BCUT2D eigenvalue weighted by Gasteiger charge is 2.44. The van der Waals surface area contributed by atoms with Crippen molar-refractivity contribution in [2.75, 3.05) is 69.2 Å². The first kappa shape index (κ1) is 30.3. The number of hydrogen-bond acceptors (Lipinski definition) is 8. The molecular weight excluding hydrogens is 568 g/mol. The number of ether oxygens (including phenoxy) is 1. The van der Waals surface area contributed by atoms with Crippen molar-refractivity contribution >= 4 is 40.4 Å². The summed E-state index contributed by atoms with van der Waals surface area (Å²) in [7, 11) is 8.04. The highest BCUT2D eigenvalue weighted by Crippen LogP contribution is 2.45. The molecule has 3 aliphatic rings. The first-order valence-electron chi connectivity index (χ1n) is 15.5.